The molecule has 2 heterocycles. The van der Waals surface area contributed by atoms with Crippen molar-refractivity contribution in [3.05, 3.63) is 72.7 Å². The second-order valence-corrected chi connectivity index (χ2v) is 9.25. The largest absolute Gasteiger partial charge is 0.457 e. The zero-order valence-corrected chi connectivity index (χ0v) is 18.0. The summed E-state index contributed by atoms with van der Waals surface area (Å²) in [7, 11) is -1.94. The molecular formula is C22H24N4O4S. The summed E-state index contributed by atoms with van der Waals surface area (Å²) in [6, 6.07) is 16.4. The number of amides is 1. The van der Waals surface area contributed by atoms with E-state index < -0.39 is 10.0 Å². The maximum Gasteiger partial charge on any atom is 0.262 e. The number of carbonyl (C=O) groups excluding carboxylic acids is 1. The normalized spacial score (nSPS) is 15.5. The quantitative estimate of drug-likeness (QED) is 0.609. The number of ether oxygens (including phenoxy) is 1. The monoisotopic (exact) mass is 440 g/mol. The molecule has 0 atom stereocenters. The van der Waals surface area contributed by atoms with Crippen LogP contribution in [0.4, 0.5) is 0 Å². The molecule has 0 radical (unpaired) electrons. The number of carbonyl (C=O) groups is 1. The van der Waals surface area contributed by atoms with Crippen molar-refractivity contribution in [3.8, 4) is 11.5 Å². The summed E-state index contributed by atoms with van der Waals surface area (Å²) in [4.78, 5) is 18.6. The van der Waals surface area contributed by atoms with E-state index >= 15 is 0 Å². The summed E-state index contributed by atoms with van der Waals surface area (Å²) in [5, 5.41) is 0.0313. The molecule has 1 saturated heterocycles. The molecule has 162 valence electrons. The maximum atomic E-state index is 13.0. The number of aryl methyl sites for hydroxylation is 1. The molecule has 0 saturated carbocycles. The first kappa shape index (κ1) is 21.1. The van der Waals surface area contributed by atoms with E-state index in [1.165, 1.54) is 16.8 Å². The van der Waals surface area contributed by atoms with Crippen LogP contribution in [-0.4, -0.2) is 59.3 Å². The van der Waals surface area contributed by atoms with Gasteiger partial charge >= 0.3 is 0 Å². The average molecular weight is 441 g/mol. The highest BCUT2D eigenvalue weighted by molar-refractivity contribution is 7.89. The third-order valence-electron chi connectivity index (χ3n) is 5.11. The average Bonchev–Trinajstić information content (AvgIpc) is 3.07. The Kier molecular flexibility index (Phi) is 6.06. The zero-order valence-electron chi connectivity index (χ0n) is 17.2. The standard InChI is InChI=1S/C22H24N4O4S/c1-24-16-21(23-17-24)31(28,29)26-13-5-12-25(14-15-26)22(27)18-8-10-20(11-9-18)30-19-6-3-2-4-7-19/h2-4,6-11,16-17H,5,12-15H2,1H3. The summed E-state index contributed by atoms with van der Waals surface area (Å²) >= 11 is 0. The van der Waals surface area contributed by atoms with Gasteiger partial charge in [0.25, 0.3) is 15.9 Å². The first-order valence-corrected chi connectivity index (χ1v) is 11.5. The van der Waals surface area contributed by atoms with Crippen LogP contribution in [0.5, 0.6) is 11.5 Å². The lowest BCUT2D eigenvalue weighted by atomic mass is 10.2. The smallest absolute Gasteiger partial charge is 0.262 e. The van der Waals surface area contributed by atoms with E-state index in [0.717, 1.165) is 5.75 Å². The summed E-state index contributed by atoms with van der Waals surface area (Å²) < 4.78 is 34.4. The topological polar surface area (TPSA) is 84.7 Å². The van der Waals surface area contributed by atoms with E-state index in [4.69, 9.17) is 4.74 Å². The molecule has 0 aliphatic carbocycles. The number of hydrogen-bond acceptors (Lipinski definition) is 5. The van der Waals surface area contributed by atoms with Gasteiger partial charge in [0.05, 0.1) is 6.33 Å². The Morgan fingerprint density at radius 3 is 2.32 bits per heavy atom. The van der Waals surface area contributed by atoms with Crippen LogP contribution in [0.1, 0.15) is 16.8 Å². The highest BCUT2D eigenvalue weighted by Gasteiger charge is 2.30. The zero-order chi connectivity index (χ0) is 21.8. The van der Waals surface area contributed by atoms with Crippen molar-refractivity contribution >= 4 is 15.9 Å². The van der Waals surface area contributed by atoms with Gasteiger partial charge in [0.2, 0.25) is 0 Å². The van der Waals surface area contributed by atoms with E-state index in [1.807, 2.05) is 30.3 Å². The predicted octanol–water partition coefficient (Wildman–Crippen LogP) is 2.75. The van der Waals surface area contributed by atoms with Crippen LogP contribution in [0.2, 0.25) is 0 Å². The third kappa shape index (κ3) is 4.78. The molecule has 2 aromatic carbocycles. The summed E-state index contributed by atoms with van der Waals surface area (Å²) in [5.41, 5.74) is 0.543. The molecule has 1 aliphatic heterocycles. The van der Waals surface area contributed by atoms with Gasteiger partial charge in [-0.25, -0.2) is 13.4 Å². The molecule has 4 rings (SSSR count). The van der Waals surface area contributed by atoms with Gasteiger partial charge in [-0.3, -0.25) is 4.79 Å². The molecular weight excluding hydrogens is 416 g/mol. The van der Waals surface area contributed by atoms with Crippen LogP contribution in [-0.2, 0) is 17.1 Å². The Morgan fingerprint density at radius 1 is 0.935 bits per heavy atom. The molecule has 9 heteroatoms. The molecule has 1 fully saturated rings. The number of benzene rings is 2. The van der Waals surface area contributed by atoms with Crippen molar-refractivity contribution in [1.29, 1.82) is 0 Å². The van der Waals surface area contributed by atoms with E-state index in [2.05, 4.69) is 4.98 Å². The van der Waals surface area contributed by atoms with Gasteiger partial charge in [0, 0.05) is 45.0 Å². The molecule has 8 nitrogen and oxygen atoms in total. The number of hydrogen-bond donors (Lipinski definition) is 0. The second kappa shape index (κ2) is 8.91. The van der Waals surface area contributed by atoms with Crippen LogP contribution in [0.15, 0.2) is 72.1 Å². The van der Waals surface area contributed by atoms with Crippen molar-refractivity contribution < 1.29 is 17.9 Å². The minimum atomic E-state index is -3.67. The molecule has 1 aliphatic rings. The van der Waals surface area contributed by atoms with Crippen molar-refractivity contribution in [2.45, 2.75) is 11.4 Å². The minimum Gasteiger partial charge on any atom is -0.457 e. The number of imidazole rings is 1. The maximum absolute atomic E-state index is 13.0. The Balaban J connectivity index is 1.40. The lowest BCUT2D eigenvalue weighted by Gasteiger charge is -2.21. The first-order valence-electron chi connectivity index (χ1n) is 10.0. The SMILES string of the molecule is Cn1cnc(S(=O)(=O)N2CCCN(C(=O)c3ccc(Oc4ccccc4)cc3)CC2)c1. The molecule has 31 heavy (non-hydrogen) atoms. The fourth-order valence-corrected chi connectivity index (χ4v) is 4.90. The van der Waals surface area contributed by atoms with Gasteiger partial charge in [-0.15, -0.1) is 0 Å². The highest BCUT2D eigenvalue weighted by Crippen LogP contribution is 2.22. The Bertz CT molecular complexity index is 1140. The second-order valence-electron chi connectivity index (χ2n) is 7.37. The number of nitrogens with zero attached hydrogens (tertiary/aromatic N) is 4. The van der Waals surface area contributed by atoms with Crippen LogP contribution in [0.25, 0.3) is 0 Å². The van der Waals surface area contributed by atoms with Crippen LogP contribution in [0.3, 0.4) is 0 Å². The van der Waals surface area contributed by atoms with Crippen LogP contribution < -0.4 is 4.74 Å². The molecule has 0 unspecified atom stereocenters. The molecule has 3 aromatic rings. The lowest BCUT2D eigenvalue weighted by molar-refractivity contribution is 0.0764. The highest BCUT2D eigenvalue weighted by atomic mass is 32.2. The fourth-order valence-electron chi connectivity index (χ4n) is 3.46. The molecule has 1 amide bonds. The van der Waals surface area contributed by atoms with Crippen LogP contribution in [0, 0.1) is 0 Å². The molecule has 0 bridgehead atoms. The first-order chi connectivity index (χ1) is 14.9. The van der Waals surface area contributed by atoms with E-state index in [9.17, 15) is 13.2 Å². The summed E-state index contributed by atoms with van der Waals surface area (Å²) in [5.74, 6) is 1.25. The van der Waals surface area contributed by atoms with Crippen molar-refractivity contribution in [3.63, 3.8) is 0 Å². The van der Waals surface area contributed by atoms with Gasteiger partial charge < -0.3 is 14.2 Å². The number of aromatic nitrogens is 2. The van der Waals surface area contributed by atoms with Crippen molar-refractivity contribution in [2.24, 2.45) is 7.05 Å². The van der Waals surface area contributed by atoms with Gasteiger partial charge in [0.15, 0.2) is 5.03 Å². The lowest BCUT2D eigenvalue weighted by Crippen LogP contribution is -2.37. The van der Waals surface area contributed by atoms with Crippen LogP contribution >= 0.6 is 0 Å². The predicted molar refractivity (Wildman–Crippen MR) is 115 cm³/mol. The van der Waals surface area contributed by atoms with Gasteiger partial charge in [0.1, 0.15) is 11.5 Å². The number of para-hydroxylation sites is 1. The van der Waals surface area contributed by atoms with Gasteiger partial charge in [-0.2, -0.15) is 4.31 Å². The Morgan fingerprint density at radius 2 is 1.65 bits per heavy atom. The number of sulfonamides is 1. The third-order valence-corrected chi connectivity index (χ3v) is 6.89. The van der Waals surface area contributed by atoms with E-state index in [-0.39, 0.29) is 17.5 Å². The van der Waals surface area contributed by atoms with Gasteiger partial charge in [-0.05, 0) is 42.8 Å². The van der Waals surface area contributed by atoms with Crippen molar-refractivity contribution in [1.82, 2.24) is 18.8 Å². The van der Waals surface area contributed by atoms with E-state index in [1.54, 1.807) is 40.8 Å². The molecule has 1 aromatic heterocycles. The Labute approximate surface area is 181 Å². The summed E-state index contributed by atoms with van der Waals surface area (Å²) in [6.07, 6.45) is 3.51. The van der Waals surface area contributed by atoms with Gasteiger partial charge in [-0.1, -0.05) is 18.2 Å². The van der Waals surface area contributed by atoms with Crippen molar-refractivity contribution in [2.75, 3.05) is 26.2 Å². The fraction of sp³-hybridized carbons (Fsp3) is 0.273. The minimum absolute atomic E-state index is 0.0313. The number of rotatable bonds is 5. The molecule has 0 N–H and O–H groups in total. The summed E-state index contributed by atoms with van der Waals surface area (Å²) in [6.45, 7) is 1.41. The van der Waals surface area contributed by atoms with E-state index in [0.29, 0.717) is 37.4 Å². The Hall–Kier alpha value is -3.17. The molecule has 0 spiro atoms.